The van der Waals surface area contributed by atoms with E-state index in [0.29, 0.717) is 17.4 Å². The Bertz CT molecular complexity index is 652. The number of rotatable bonds is 7. The van der Waals surface area contributed by atoms with Gasteiger partial charge in [-0.05, 0) is 57.4 Å². The molecule has 7 heteroatoms. The third-order valence-corrected chi connectivity index (χ3v) is 4.81. The molecule has 0 aromatic heterocycles. The summed E-state index contributed by atoms with van der Waals surface area (Å²) in [5.41, 5.74) is 0.672. The maximum absolute atomic E-state index is 12.1. The number of benzene rings is 1. The number of carbonyl (C=O) groups is 1. The highest BCUT2D eigenvalue weighted by Gasteiger charge is 2.23. The third-order valence-electron chi connectivity index (χ3n) is 3.15. The lowest BCUT2D eigenvalue weighted by atomic mass is 10.2. The monoisotopic (exact) mass is 326 g/mol. The molecule has 2 N–H and O–H groups in total. The van der Waals surface area contributed by atoms with Crippen LogP contribution in [0.4, 0.5) is 0 Å². The molecule has 0 spiro atoms. The van der Waals surface area contributed by atoms with Gasteiger partial charge < -0.3 is 10.1 Å². The smallest absolute Gasteiger partial charge is 0.258 e. The van der Waals surface area contributed by atoms with E-state index in [4.69, 9.17) is 4.74 Å². The van der Waals surface area contributed by atoms with Crippen molar-refractivity contribution in [2.24, 2.45) is 0 Å². The van der Waals surface area contributed by atoms with Crippen molar-refractivity contribution in [2.75, 3.05) is 6.61 Å². The SMILES string of the molecule is Cc1cc(S(=O)(=O)NC(C)C)ccc1OCC(=O)NC1CC1. The fraction of sp³-hybridized carbons (Fsp3) is 0.533. The summed E-state index contributed by atoms with van der Waals surface area (Å²) in [6.45, 7) is 5.22. The molecule has 0 unspecified atom stereocenters. The van der Waals surface area contributed by atoms with Gasteiger partial charge in [-0.15, -0.1) is 0 Å². The number of sulfonamides is 1. The van der Waals surface area contributed by atoms with E-state index in [2.05, 4.69) is 10.0 Å². The molecule has 1 aromatic carbocycles. The van der Waals surface area contributed by atoms with Gasteiger partial charge in [0.1, 0.15) is 5.75 Å². The molecule has 1 aliphatic carbocycles. The van der Waals surface area contributed by atoms with Gasteiger partial charge in [-0.2, -0.15) is 0 Å². The Kier molecular flexibility index (Phi) is 5.08. The molecule has 0 atom stereocenters. The van der Waals surface area contributed by atoms with Crippen molar-refractivity contribution in [3.05, 3.63) is 23.8 Å². The summed E-state index contributed by atoms with van der Waals surface area (Å²) < 4.78 is 32.1. The minimum absolute atomic E-state index is 0.0618. The standard InChI is InChI=1S/C15H22N2O4S/c1-10(2)17-22(19,20)13-6-7-14(11(3)8-13)21-9-15(18)16-12-4-5-12/h6-8,10,12,17H,4-5,9H2,1-3H3,(H,16,18). The molecule has 0 radical (unpaired) electrons. The van der Waals surface area contributed by atoms with Crippen LogP contribution < -0.4 is 14.8 Å². The van der Waals surface area contributed by atoms with Crippen molar-refractivity contribution in [2.45, 2.75) is 50.6 Å². The Hall–Kier alpha value is -1.60. The molecule has 22 heavy (non-hydrogen) atoms. The van der Waals surface area contributed by atoms with Crippen LogP contribution in [0.15, 0.2) is 23.1 Å². The van der Waals surface area contributed by atoms with E-state index in [1.807, 2.05) is 0 Å². The number of amides is 1. The first-order chi connectivity index (χ1) is 10.3. The molecule has 1 fully saturated rings. The normalized spacial score (nSPS) is 14.9. The summed E-state index contributed by atoms with van der Waals surface area (Å²) in [4.78, 5) is 11.8. The van der Waals surface area contributed by atoms with Crippen LogP contribution in [0, 0.1) is 6.92 Å². The van der Waals surface area contributed by atoms with Crippen LogP contribution in [-0.4, -0.2) is 33.0 Å². The molecule has 0 aliphatic heterocycles. The molecular formula is C15H22N2O4S. The average molecular weight is 326 g/mol. The van der Waals surface area contributed by atoms with E-state index in [-0.39, 0.29) is 23.5 Å². The molecule has 0 heterocycles. The molecule has 1 amide bonds. The Balaban J connectivity index is 2.01. The molecule has 1 aromatic rings. The Morgan fingerprint density at radius 2 is 2.05 bits per heavy atom. The van der Waals surface area contributed by atoms with Crippen LogP contribution in [-0.2, 0) is 14.8 Å². The summed E-state index contributed by atoms with van der Waals surface area (Å²) in [7, 11) is -3.52. The van der Waals surface area contributed by atoms with Crippen LogP contribution in [0.25, 0.3) is 0 Å². The van der Waals surface area contributed by atoms with Gasteiger partial charge in [0.05, 0.1) is 4.90 Å². The maximum Gasteiger partial charge on any atom is 0.258 e. The second-order valence-corrected chi connectivity index (χ2v) is 7.55. The van der Waals surface area contributed by atoms with Gasteiger partial charge in [0.25, 0.3) is 5.91 Å². The number of aryl methyl sites for hydroxylation is 1. The summed E-state index contributed by atoms with van der Waals surface area (Å²) in [6, 6.07) is 4.72. The highest BCUT2D eigenvalue weighted by atomic mass is 32.2. The predicted molar refractivity (Wildman–Crippen MR) is 83.3 cm³/mol. The van der Waals surface area contributed by atoms with Gasteiger partial charge in [0.2, 0.25) is 10.0 Å². The van der Waals surface area contributed by atoms with E-state index < -0.39 is 10.0 Å². The number of hydrogen-bond donors (Lipinski definition) is 2. The third kappa shape index (κ3) is 4.71. The van der Waals surface area contributed by atoms with Crippen LogP contribution in [0.1, 0.15) is 32.3 Å². The first-order valence-electron chi connectivity index (χ1n) is 7.33. The van der Waals surface area contributed by atoms with Gasteiger partial charge in [0, 0.05) is 12.1 Å². The lowest BCUT2D eigenvalue weighted by molar-refractivity contribution is -0.123. The number of hydrogen-bond acceptors (Lipinski definition) is 4. The largest absolute Gasteiger partial charge is 0.484 e. The van der Waals surface area contributed by atoms with Crippen LogP contribution in [0.2, 0.25) is 0 Å². The Labute approximate surface area is 131 Å². The average Bonchev–Trinajstić information content (AvgIpc) is 3.19. The first-order valence-corrected chi connectivity index (χ1v) is 8.81. The van der Waals surface area contributed by atoms with Gasteiger partial charge in [-0.25, -0.2) is 13.1 Å². The highest BCUT2D eigenvalue weighted by molar-refractivity contribution is 7.89. The number of ether oxygens (including phenoxy) is 1. The summed E-state index contributed by atoms with van der Waals surface area (Å²) in [5.74, 6) is 0.356. The summed E-state index contributed by atoms with van der Waals surface area (Å²) >= 11 is 0. The van der Waals surface area contributed by atoms with Crippen molar-refractivity contribution in [1.29, 1.82) is 0 Å². The van der Waals surface area contributed by atoms with Crippen LogP contribution in [0.3, 0.4) is 0 Å². The van der Waals surface area contributed by atoms with Crippen molar-refractivity contribution in [1.82, 2.24) is 10.0 Å². The van der Waals surface area contributed by atoms with Crippen LogP contribution >= 0.6 is 0 Å². The zero-order valence-electron chi connectivity index (χ0n) is 13.0. The molecular weight excluding hydrogens is 304 g/mol. The second-order valence-electron chi connectivity index (χ2n) is 5.83. The van der Waals surface area contributed by atoms with Gasteiger partial charge in [-0.3, -0.25) is 4.79 Å². The first kappa shape index (κ1) is 16.8. The highest BCUT2D eigenvalue weighted by Crippen LogP contribution is 2.22. The van der Waals surface area contributed by atoms with E-state index >= 15 is 0 Å². The topological polar surface area (TPSA) is 84.5 Å². The number of carbonyl (C=O) groups excluding carboxylic acids is 1. The minimum atomic E-state index is -3.52. The molecule has 122 valence electrons. The quantitative estimate of drug-likeness (QED) is 0.792. The molecule has 6 nitrogen and oxygen atoms in total. The Morgan fingerprint density at radius 3 is 2.59 bits per heavy atom. The molecule has 1 saturated carbocycles. The molecule has 2 rings (SSSR count). The Morgan fingerprint density at radius 1 is 1.36 bits per heavy atom. The van der Waals surface area contributed by atoms with Crippen molar-refractivity contribution in [3.8, 4) is 5.75 Å². The minimum Gasteiger partial charge on any atom is -0.484 e. The fourth-order valence-corrected chi connectivity index (χ4v) is 3.31. The number of nitrogens with one attached hydrogen (secondary N) is 2. The lowest BCUT2D eigenvalue weighted by Crippen LogP contribution is -2.31. The van der Waals surface area contributed by atoms with E-state index in [1.54, 1.807) is 32.9 Å². The van der Waals surface area contributed by atoms with E-state index in [9.17, 15) is 13.2 Å². The van der Waals surface area contributed by atoms with Gasteiger partial charge in [-0.1, -0.05) is 0 Å². The van der Waals surface area contributed by atoms with Crippen LogP contribution in [0.5, 0.6) is 5.75 Å². The zero-order valence-corrected chi connectivity index (χ0v) is 13.9. The maximum atomic E-state index is 12.1. The van der Waals surface area contributed by atoms with Crippen molar-refractivity contribution >= 4 is 15.9 Å². The molecule has 1 aliphatic rings. The molecule has 0 bridgehead atoms. The van der Waals surface area contributed by atoms with E-state index in [1.165, 1.54) is 6.07 Å². The predicted octanol–water partition coefficient (Wildman–Crippen LogP) is 1.34. The molecule has 0 saturated heterocycles. The van der Waals surface area contributed by atoms with Gasteiger partial charge in [0.15, 0.2) is 6.61 Å². The zero-order chi connectivity index (χ0) is 16.3. The fourth-order valence-electron chi connectivity index (χ4n) is 1.97. The summed E-state index contributed by atoms with van der Waals surface area (Å²) in [6.07, 6.45) is 2.06. The lowest BCUT2D eigenvalue weighted by Gasteiger charge is -2.13. The summed E-state index contributed by atoms with van der Waals surface area (Å²) in [5, 5.41) is 2.83. The van der Waals surface area contributed by atoms with Gasteiger partial charge >= 0.3 is 0 Å². The second kappa shape index (κ2) is 6.66. The van der Waals surface area contributed by atoms with E-state index in [0.717, 1.165) is 12.8 Å². The van der Waals surface area contributed by atoms with Crippen molar-refractivity contribution < 1.29 is 17.9 Å². The van der Waals surface area contributed by atoms with Crippen molar-refractivity contribution in [3.63, 3.8) is 0 Å².